The zero-order valence-corrected chi connectivity index (χ0v) is 25.5. The van der Waals surface area contributed by atoms with E-state index in [9.17, 15) is 28.0 Å². The number of aliphatic hydroxyl groups excluding tert-OH is 2. The van der Waals surface area contributed by atoms with Crippen LogP contribution in [0.2, 0.25) is 0 Å². The summed E-state index contributed by atoms with van der Waals surface area (Å²) in [5.41, 5.74) is 0. The van der Waals surface area contributed by atoms with Crippen LogP contribution in [0.1, 0.15) is 96.8 Å². The van der Waals surface area contributed by atoms with Crippen molar-refractivity contribution in [3.8, 4) is 0 Å². The van der Waals surface area contributed by atoms with Crippen LogP contribution in [0.5, 0.6) is 0 Å². The first-order valence-corrected chi connectivity index (χ1v) is 15.2. The Balaban J connectivity index is 0.0000122. The number of unbranched alkanes of at least 4 members (excludes halogenated alkanes) is 13. The van der Waals surface area contributed by atoms with Gasteiger partial charge in [0.1, 0.15) is 32.3 Å². The van der Waals surface area contributed by atoms with Crippen molar-refractivity contribution in [1.29, 1.82) is 0 Å². The number of ketones is 1. The summed E-state index contributed by atoms with van der Waals surface area (Å²) in [6.45, 7) is 3.20. The van der Waals surface area contributed by atoms with Gasteiger partial charge in [-0.05, 0) is 18.9 Å². The number of aliphatic hydroxyl groups is 2. The fourth-order valence-electron chi connectivity index (χ4n) is 4.57. The summed E-state index contributed by atoms with van der Waals surface area (Å²) in [7, 11) is -4.55. The second-order valence-electron chi connectivity index (χ2n) is 9.66. The molecule has 0 saturated heterocycles. The quantitative estimate of drug-likeness (QED) is 0.0664. The molecule has 204 valence electrons. The first kappa shape index (κ1) is 35.7. The summed E-state index contributed by atoms with van der Waals surface area (Å²) >= 11 is 0. The van der Waals surface area contributed by atoms with Gasteiger partial charge in [0.05, 0.1) is 22.5 Å². The van der Waals surface area contributed by atoms with Crippen molar-refractivity contribution >= 4 is 21.7 Å². The number of carbonyl (C=O) groups is 1. The molecule has 8 nitrogen and oxygen atoms in total. The molecule has 0 aromatic heterocycles. The largest absolute Gasteiger partial charge is 1.00 e. The van der Waals surface area contributed by atoms with E-state index in [2.05, 4.69) is 6.92 Å². The van der Waals surface area contributed by atoms with E-state index < -0.39 is 22.0 Å². The average molecular weight is 540 g/mol. The van der Waals surface area contributed by atoms with Crippen molar-refractivity contribution in [2.75, 3.05) is 38.5 Å². The Bertz CT molecular complexity index is 758. The van der Waals surface area contributed by atoms with Crippen LogP contribution >= 0.6 is 0 Å². The Morgan fingerprint density at radius 1 is 1.03 bits per heavy atom. The summed E-state index contributed by atoms with van der Waals surface area (Å²) < 4.78 is 34.3. The first-order chi connectivity index (χ1) is 16.8. The molecule has 1 atom stereocenters. The van der Waals surface area contributed by atoms with Crippen LogP contribution in [0.25, 0.3) is 0 Å². The maximum Gasteiger partial charge on any atom is 1.00 e. The number of hydrogen-bond acceptors (Lipinski definition) is 7. The normalized spacial score (nSPS) is 15.1. The first-order valence-electron chi connectivity index (χ1n) is 13.6. The molecular formula is C26H48N2NaO6S+. The molecule has 1 aliphatic heterocycles. The predicted octanol–water partition coefficient (Wildman–Crippen LogP) is 0.222. The van der Waals surface area contributed by atoms with Crippen LogP contribution in [0.15, 0.2) is 12.2 Å². The van der Waals surface area contributed by atoms with E-state index in [1.165, 1.54) is 76.7 Å². The average Bonchev–Trinajstić information content (AvgIpc) is 3.17. The summed E-state index contributed by atoms with van der Waals surface area (Å²) in [5.74, 6) is -0.786. The minimum atomic E-state index is -4.55. The van der Waals surface area contributed by atoms with Gasteiger partial charge in [-0.1, -0.05) is 90.0 Å². The van der Waals surface area contributed by atoms with Gasteiger partial charge in [0.15, 0.2) is 0 Å². The molecular weight excluding hydrogens is 491 g/mol. The monoisotopic (exact) mass is 539 g/mol. The third kappa shape index (κ3) is 17.3. The molecule has 0 aliphatic carbocycles. The Hall–Kier alpha value is -0.290. The molecule has 0 fully saturated rings. The van der Waals surface area contributed by atoms with Crippen LogP contribution in [0.3, 0.4) is 0 Å². The zero-order chi connectivity index (χ0) is 25.9. The van der Waals surface area contributed by atoms with Crippen molar-refractivity contribution in [1.82, 2.24) is 4.90 Å². The third-order valence-electron chi connectivity index (χ3n) is 6.40. The van der Waals surface area contributed by atoms with Gasteiger partial charge in [0, 0.05) is 0 Å². The molecule has 1 rings (SSSR count). The molecule has 0 aromatic rings. The van der Waals surface area contributed by atoms with E-state index in [1.54, 1.807) is 9.48 Å². The Morgan fingerprint density at radius 3 is 2.06 bits per heavy atom. The zero-order valence-electron chi connectivity index (χ0n) is 22.7. The van der Waals surface area contributed by atoms with E-state index in [-0.39, 0.29) is 55.0 Å². The molecule has 0 aromatic carbocycles. The number of carbonyl (C=O) groups excluding carboxylic acids is 1. The molecule has 2 N–H and O–H groups in total. The molecule has 0 radical (unpaired) electrons. The minimum Gasteiger partial charge on any atom is -0.748 e. The Kier molecular flexibility index (Phi) is 21.4. The van der Waals surface area contributed by atoms with Crippen LogP contribution in [-0.2, 0) is 14.9 Å². The van der Waals surface area contributed by atoms with Crippen LogP contribution in [-0.4, -0.2) is 88.9 Å². The standard InChI is InChI=1S/C26H48N2O6S.Na/c1-2-3-4-5-6-7-8-9-10-11-12-13-14-15-16-17-25(31)26-27(20-21-29)18-19-28(26)22-24(30)23-35(32,33)34;/h16-17,24,29-30H,2-15,18-23H2,1H3;/q;+1/b17-16+;. The van der Waals surface area contributed by atoms with Crippen molar-refractivity contribution in [2.45, 2.75) is 103 Å². The maximum atomic E-state index is 12.8. The molecule has 0 bridgehead atoms. The molecule has 1 aliphatic rings. The van der Waals surface area contributed by atoms with E-state index >= 15 is 0 Å². The number of hydrogen-bond donors (Lipinski definition) is 2. The van der Waals surface area contributed by atoms with E-state index in [4.69, 9.17) is 0 Å². The number of β-amino-alcohol motifs (C(OH)–C–C–N with tert-alkyl or cyclic N) is 2. The molecule has 0 spiro atoms. The fraction of sp³-hybridized carbons (Fsp3) is 0.846. The Labute approximate surface area is 241 Å². The van der Waals surface area contributed by atoms with Crippen molar-refractivity contribution < 1.29 is 62.1 Å². The van der Waals surface area contributed by atoms with Gasteiger partial charge >= 0.3 is 35.4 Å². The van der Waals surface area contributed by atoms with Crippen LogP contribution in [0.4, 0.5) is 0 Å². The smallest absolute Gasteiger partial charge is 0.748 e. The summed E-state index contributed by atoms with van der Waals surface area (Å²) in [6, 6.07) is 0. The van der Waals surface area contributed by atoms with Crippen LogP contribution < -0.4 is 29.6 Å². The van der Waals surface area contributed by atoms with E-state index in [0.717, 1.165) is 19.3 Å². The second kappa shape index (κ2) is 21.6. The van der Waals surface area contributed by atoms with E-state index in [0.29, 0.717) is 18.9 Å². The summed E-state index contributed by atoms with van der Waals surface area (Å²) in [4.78, 5) is 14.5. The third-order valence-corrected chi connectivity index (χ3v) is 7.19. The van der Waals surface area contributed by atoms with E-state index in [1.807, 2.05) is 6.08 Å². The van der Waals surface area contributed by atoms with Gasteiger partial charge in [-0.2, -0.15) is 0 Å². The predicted molar refractivity (Wildman–Crippen MR) is 139 cm³/mol. The van der Waals surface area contributed by atoms with Gasteiger partial charge in [0.25, 0.3) is 5.78 Å². The van der Waals surface area contributed by atoms with Crippen molar-refractivity contribution in [3.63, 3.8) is 0 Å². The summed E-state index contributed by atoms with van der Waals surface area (Å²) in [5, 5.41) is 19.2. The molecule has 10 heteroatoms. The maximum absolute atomic E-state index is 12.8. The van der Waals surface area contributed by atoms with Crippen LogP contribution in [0, 0.1) is 0 Å². The molecule has 1 heterocycles. The van der Waals surface area contributed by atoms with Crippen molar-refractivity contribution in [3.05, 3.63) is 12.2 Å². The number of allylic oxidation sites excluding steroid dienone is 1. The number of nitrogens with zero attached hydrogens (tertiary/aromatic N) is 2. The molecule has 0 saturated carbocycles. The molecule has 1 unspecified atom stereocenters. The van der Waals surface area contributed by atoms with Crippen molar-refractivity contribution in [2.24, 2.45) is 0 Å². The van der Waals surface area contributed by atoms with Gasteiger partial charge in [0.2, 0.25) is 0 Å². The van der Waals surface area contributed by atoms with Gasteiger partial charge in [-0.3, -0.25) is 14.3 Å². The van der Waals surface area contributed by atoms with Gasteiger partial charge in [-0.15, -0.1) is 0 Å². The van der Waals surface area contributed by atoms with Gasteiger partial charge < -0.3 is 14.8 Å². The SMILES string of the molecule is CCCCCCCCCCCCCCC/C=C/C(=O)C1=[N+](CC(O)CS(=O)(=O)[O-])CCN1CCO.[Na+]. The molecule has 36 heavy (non-hydrogen) atoms. The number of amidine groups is 1. The van der Waals surface area contributed by atoms with Gasteiger partial charge in [-0.25, -0.2) is 8.42 Å². The Morgan fingerprint density at radius 2 is 1.56 bits per heavy atom. The minimum absolute atomic E-state index is 0. The fourth-order valence-corrected chi connectivity index (χ4v) is 5.15. The summed E-state index contributed by atoms with van der Waals surface area (Å²) in [6.07, 6.45) is 19.6. The molecule has 0 amide bonds. The number of rotatable bonds is 22. The second-order valence-corrected chi connectivity index (χ2v) is 11.1. The topological polar surface area (TPSA) is 121 Å².